The SMILES string of the molecule is C[C@@H]1Cc2ccccc2N1C(=O)C[NH+](C)[C@@H](C)c1nc2ccccc2s1. The lowest BCUT2D eigenvalue weighted by molar-refractivity contribution is -0.902. The topological polar surface area (TPSA) is 37.6 Å². The van der Waals surface area contributed by atoms with E-state index in [0.717, 1.165) is 22.6 Å². The number of quaternary nitrogens is 1. The zero-order chi connectivity index (χ0) is 18.3. The van der Waals surface area contributed by atoms with Crippen LogP contribution in [0.1, 0.15) is 30.5 Å². The Kier molecular flexibility index (Phi) is 4.51. The molecule has 0 aliphatic carbocycles. The first-order valence-electron chi connectivity index (χ1n) is 9.12. The van der Waals surface area contributed by atoms with Gasteiger partial charge in [-0.1, -0.05) is 30.3 Å². The first-order valence-corrected chi connectivity index (χ1v) is 9.94. The Morgan fingerprint density at radius 1 is 1.27 bits per heavy atom. The van der Waals surface area contributed by atoms with E-state index >= 15 is 0 Å². The highest BCUT2D eigenvalue weighted by Crippen LogP contribution is 2.31. The van der Waals surface area contributed by atoms with Crippen molar-refractivity contribution >= 4 is 33.1 Å². The highest BCUT2D eigenvalue weighted by molar-refractivity contribution is 7.18. The first-order chi connectivity index (χ1) is 12.5. The number of nitrogens with one attached hydrogen (secondary N) is 1. The molecule has 1 amide bonds. The molecule has 3 atom stereocenters. The summed E-state index contributed by atoms with van der Waals surface area (Å²) in [5.74, 6) is 0.188. The van der Waals surface area contributed by atoms with Crippen molar-refractivity contribution < 1.29 is 9.69 Å². The summed E-state index contributed by atoms with van der Waals surface area (Å²) in [6, 6.07) is 16.9. The van der Waals surface area contributed by atoms with Crippen molar-refractivity contribution in [3.63, 3.8) is 0 Å². The number of likely N-dealkylation sites (N-methyl/N-ethyl adjacent to an activating group) is 1. The molecule has 4 rings (SSSR count). The number of hydrogen-bond donors (Lipinski definition) is 1. The average molecular weight is 367 g/mol. The number of nitrogens with zero attached hydrogens (tertiary/aromatic N) is 2. The molecule has 0 fully saturated rings. The number of fused-ring (bicyclic) bond motifs is 2. The van der Waals surface area contributed by atoms with Crippen LogP contribution in [0.15, 0.2) is 48.5 Å². The third-order valence-electron chi connectivity index (χ3n) is 5.33. The van der Waals surface area contributed by atoms with Gasteiger partial charge in [-0.2, -0.15) is 0 Å². The second kappa shape index (κ2) is 6.82. The summed E-state index contributed by atoms with van der Waals surface area (Å²) >= 11 is 1.73. The standard InChI is InChI=1S/C21H23N3OS/c1-14-12-16-8-4-6-10-18(16)24(14)20(25)13-23(3)15(2)21-22-17-9-5-7-11-19(17)26-21/h4-11,14-15H,12-13H2,1-3H3/p+1/t14-,15+/m1/s1. The zero-order valence-electron chi connectivity index (χ0n) is 15.4. The Bertz CT molecular complexity index is 918. The summed E-state index contributed by atoms with van der Waals surface area (Å²) < 4.78 is 1.20. The van der Waals surface area contributed by atoms with E-state index < -0.39 is 0 Å². The van der Waals surface area contributed by atoms with Crippen LogP contribution in [-0.2, 0) is 11.2 Å². The van der Waals surface area contributed by atoms with E-state index in [1.165, 1.54) is 15.2 Å². The molecule has 1 aliphatic rings. The van der Waals surface area contributed by atoms with Crippen LogP contribution in [0.25, 0.3) is 10.2 Å². The maximum atomic E-state index is 13.0. The Morgan fingerprint density at radius 3 is 2.81 bits per heavy atom. The van der Waals surface area contributed by atoms with Gasteiger partial charge in [-0.3, -0.25) is 4.79 Å². The molecule has 0 saturated carbocycles. The van der Waals surface area contributed by atoms with Crippen LogP contribution in [0.5, 0.6) is 0 Å². The van der Waals surface area contributed by atoms with Crippen LogP contribution < -0.4 is 9.80 Å². The van der Waals surface area contributed by atoms with E-state index in [9.17, 15) is 4.79 Å². The number of carbonyl (C=O) groups is 1. The third-order valence-corrected chi connectivity index (χ3v) is 6.55. The number of hydrogen-bond acceptors (Lipinski definition) is 3. The summed E-state index contributed by atoms with van der Waals surface area (Å²) in [5, 5.41) is 1.09. The van der Waals surface area contributed by atoms with E-state index in [0.29, 0.717) is 6.54 Å². The highest BCUT2D eigenvalue weighted by atomic mass is 32.1. The average Bonchev–Trinajstić information content (AvgIpc) is 3.20. The third kappa shape index (κ3) is 3.02. The smallest absolute Gasteiger partial charge is 0.282 e. The molecule has 5 heteroatoms. The van der Waals surface area contributed by atoms with Gasteiger partial charge in [0.25, 0.3) is 5.91 Å². The molecule has 1 N–H and O–H groups in total. The molecule has 3 aromatic rings. The van der Waals surface area contributed by atoms with E-state index in [2.05, 4.69) is 39.1 Å². The molecule has 0 saturated heterocycles. The first kappa shape index (κ1) is 17.2. The highest BCUT2D eigenvalue weighted by Gasteiger charge is 2.33. The van der Waals surface area contributed by atoms with Crippen LogP contribution in [-0.4, -0.2) is 30.5 Å². The maximum Gasteiger partial charge on any atom is 0.282 e. The molecule has 0 radical (unpaired) electrons. The lowest BCUT2D eigenvalue weighted by atomic mass is 10.1. The van der Waals surface area contributed by atoms with Crippen molar-refractivity contribution in [2.75, 3.05) is 18.5 Å². The second-order valence-electron chi connectivity index (χ2n) is 7.21. The predicted octanol–water partition coefficient (Wildman–Crippen LogP) is 2.85. The monoisotopic (exact) mass is 366 g/mol. The van der Waals surface area contributed by atoms with Gasteiger partial charge in [0.1, 0.15) is 6.04 Å². The number of thiazole rings is 1. The zero-order valence-corrected chi connectivity index (χ0v) is 16.2. The summed E-state index contributed by atoms with van der Waals surface area (Å²) in [6.07, 6.45) is 0.939. The second-order valence-corrected chi connectivity index (χ2v) is 8.27. The number of rotatable bonds is 4. The lowest BCUT2D eigenvalue weighted by Crippen LogP contribution is -3.10. The molecule has 2 heterocycles. The number of aromatic nitrogens is 1. The van der Waals surface area contributed by atoms with Gasteiger partial charge in [-0.05, 0) is 44.0 Å². The Labute approximate surface area is 158 Å². The van der Waals surface area contributed by atoms with Crippen LogP contribution in [0.2, 0.25) is 0 Å². The molecule has 0 bridgehead atoms. The van der Waals surface area contributed by atoms with Gasteiger partial charge < -0.3 is 9.80 Å². The van der Waals surface area contributed by atoms with Gasteiger partial charge in [0.05, 0.1) is 17.3 Å². The number of benzene rings is 2. The minimum Gasteiger partial charge on any atom is -0.322 e. The van der Waals surface area contributed by atoms with Crippen molar-refractivity contribution in [1.82, 2.24) is 4.98 Å². The Morgan fingerprint density at radius 2 is 2.00 bits per heavy atom. The van der Waals surface area contributed by atoms with E-state index in [1.54, 1.807) is 11.3 Å². The molecule has 0 spiro atoms. The number of para-hydroxylation sites is 2. The van der Waals surface area contributed by atoms with Crippen molar-refractivity contribution in [1.29, 1.82) is 0 Å². The van der Waals surface area contributed by atoms with Gasteiger partial charge >= 0.3 is 0 Å². The molecular formula is C21H24N3OS+. The minimum absolute atomic E-state index is 0.185. The predicted molar refractivity (Wildman–Crippen MR) is 107 cm³/mol. The lowest BCUT2D eigenvalue weighted by Gasteiger charge is -2.26. The van der Waals surface area contributed by atoms with Gasteiger partial charge in [0.15, 0.2) is 11.6 Å². The number of anilines is 1. The van der Waals surface area contributed by atoms with Gasteiger partial charge in [0.2, 0.25) is 0 Å². The van der Waals surface area contributed by atoms with Gasteiger partial charge in [0, 0.05) is 11.7 Å². The molecule has 4 nitrogen and oxygen atoms in total. The van der Waals surface area contributed by atoms with Crippen molar-refractivity contribution in [2.45, 2.75) is 32.4 Å². The molecule has 1 aromatic heterocycles. The van der Waals surface area contributed by atoms with Crippen LogP contribution in [0, 0.1) is 0 Å². The summed E-state index contributed by atoms with van der Waals surface area (Å²) in [7, 11) is 2.08. The largest absolute Gasteiger partial charge is 0.322 e. The normalized spacial score (nSPS) is 18.7. The van der Waals surface area contributed by atoms with E-state index in [4.69, 9.17) is 4.98 Å². The molecule has 26 heavy (non-hydrogen) atoms. The van der Waals surface area contributed by atoms with Crippen molar-refractivity contribution in [3.05, 3.63) is 59.1 Å². The van der Waals surface area contributed by atoms with E-state index in [-0.39, 0.29) is 18.0 Å². The van der Waals surface area contributed by atoms with E-state index in [1.807, 2.05) is 35.2 Å². The van der Waals surface area contributed by atoms with Crippen LogP contribution in [0.3, 0.4) is 0 Å². The quantitative estimate of drug-likeness (QED) is 0.771. The van der Waals surface area contributed by atoms with Crippen molar-refractivity contribution in [2.24, 2.45) is 0 Å². The fraction of sp³-hybridized carbons (Fsp3) is 0.333. The number of amides is 1. The number of carbonyl (C=O) groups excluding carboxylic acids is 1. The molecule has 1 unspecified atom stereocenters. The molecular weight excluding hydrogens is 342 g/mol. The minimum atomic E-state index is 0.185. The van der Waals surface area contributed by atoms with Gasteiger partial charge in [-0.25, -0.2) is 4.98 Å². The van der Waals surface area contributed by atoms with Crippen molar-refractivity contribution in [3.8, 4) is 0 Å². The fourth-order valence-electron chi connectivity index (χ4n) is 3.71. The molecule has 2 aromatic carbocycles. The summed E-state index contributed by atoms with van der Waals surface area (Å²) in [4.78, 5) is 20.9. The van der Waals surface area contributed by atoms with Crippen LogP contribution >= 0.6 is 11.3 Å². The van der Waals surface area contributed by atoms with Crippen LogP contribution in [0.4, 0.5) is 5.69 Å². The summed E-state index contributed by atoms with van der Waals surface area (Å²) in [6.45, 7) is 4.75. The van der Waals surface area contributed by atoms with Gasteiger partial charge in [-0.15, -0.1) is 11.3 Å². The summed E-state index contributed by atoms with van der Waals surface area (Å²) in [5.41, 5.74) is 3.39. The Hall–Kier alpha value is -2.24. The molecule has 1 aliphatic heterocycles. The Balaban J connectivity index is 1.50. The maximum absolute atomic E-state index is 13.0. The fourth-order valence-corrected chi connectivity index (χ4v) is 4.82. The molecule has 134 valence electrons.